The Bertz CT molecular complexity index is 3410. The Morgan fingerprint density at radius 1 is 0.436 bits per heavy atom. The lowest BCUT2D eigenvalue weighted by Crippen LogP contribution is -2.25. The Morgan fingerprint density at radius 3 is 1.80 bits per heavy atom. The lowest BCUT2D eigenvalue weighted by Gasteiger charge is -2.30. The molecule has 0 bridgehead atoms. The molecule has 3 heterocycles. The summed E-state index contributed by atoms with van der Waals surface area (Å²) < 4.78 is 8.80. The Kier molecular flexibility index (Phi) is 5.54. The van der Waals surface area contributed by atoms with Gasteiger partial charge in [-0.15, -0.1) is 0 Å². The normalized spacial score (nSPS) is 13.6. The number of para-hydroxylation sites is 2. The predicted octanol–water partition coefficient (Wildman–Crippen LogP) is 12.6. The van der Waals surface area contributed by atoms with Gasteiger partial charge < -0.3 is 4.42 Å². The van der Waals surface area contributed by atoms with Crippen LogP contribution >= 0.6 is 0 Å². The SMILES string of the molecule is c1ccc2c(c1)-c1ccccc1C21c2ccccc2-c2c(-c3nc4c(nc3-n3c5ccccc5c5cc6ccccc6cc53)oc3ccccc34)cccc21. The van der Waals surface area contributed by atoms with Crippen LogP contribution in [0, 0.1) is 0 Å². The van der Waals surface area contributed by atoms with E-state index >= 15 is 0 Å². The maximum Gasteiger partial charge on any atom is 0.248 e. The van der Waals surface area contributed by atoms with Gasteiger partial charge in [0, 0.05) is 21.7 Å². The number of aromatic nitrogens is 3. The number of hydrogen-bond acceptors (Lipinski definition) is 3. The topological polar surface area (TPSA) is 43.9 Å². The Labute approximate surface area is 315 Å². The van der Waals surface area contributed by atoms with E-state index in [1.54, 1.807) is 0 Å². The van der Waals surface area contributed by atoms with Gasteiger partial charge in [-0.1, -0.05) is 146 Å². The van der Waals surface area contributed by atoms with Gasteiger partial charge in [0.05, 0.1) is 16.4 Å². The molecule has 2 aliphatic rings. The van der Waals surface area contributed by atoms with E-state index in [0.29, 0.717) is 5.71 Å². The number of rotatable bonds is 2. The quantitative estimate of drug-likeness (QED) is 0.180. The van der Waals surface area contributed by atoms with Crippen LogP contribution in [0.3, 0.4) is 0 Å². The van der Waals surface area contributed by atoms with Crippen LogP contribution in [-0.2, 0) is 5.41 Å². The summed E-state index contributed by atoms with van der Waals surface area (Å²) in [5, 5.41) is 5.68. The second-order valence-corrected chi connectivity index (χ2v) is 14.8. The fourth-order valence-electron chi connectivity index (χ4n) is 10.1. The lowest BCUT2D eigenvalue weighted by atomic mass is 9.70. The van der Waals surface area contributed by atoms with Crippen molar-refractivity contribution in [1.29, 1.82) is 0 Å². The molecule has 1 spiro atoms. The van der Waals surface area contributed by atoms with Crippen molar-refractivity contribution in [3.8, 4) is 39.3 Å². The molecule has 0 fully saturated rings. The van der Waals surface area contributed by atoms with E-state index in [4.69, 9.17) is 14.4 Å². The molecule has 0 N–H and O–H groups in total. The zero-order chi connectivity index (χ0) is 35.8. The smallest absolute Gasteiger partial charge is 0.248 e. The third-order valence-electron chi connectivity index (χ3n) is 12.2. The molecule has 254 valence electrons. The summed E-state index contributed by atoms with van der Waals surface area (Å²) in [4.78, 5) is 11.1. The first-order chi connectivity index (χ1) is 27.3. The van der Waals surface area contributed by atoms with Crippen molar-refractivity contribution in [3.63, 3.8) is 0 Å². The van der Waals surface area contributed by atoms with Crippen LogP contribution in [0.4, 0.5) is 0 Å². The molecule has 0 saturated carbocycles. The molecule has 0 saturated heterocycles. The van der Waals surface area contributed by atoms with Gasteiger partial charge in [-0.3, -0.25) is 4.57 Å². The first kappa shape index (κ1) is 29.2. The van der Waals surface area contributed by atoms with Gasteiger partial charge in [0.15, 0.2) is 5.82 Å². The first-order valence-electron chi connectivity index (χ1n) is 18.8. The number of nitrogens with zero attached hydrogens (tertiary/aromatic N) is 3. The van der Waals surface area contributed by atoms with Gasteiger partial charge >= 0.3 is 0 Å². The molecular weight excluding hydrogens is 671 g/mol. The maximum atomic E-state index is 6.49. The van der Waals surface area contributed by atoms with Crippen LogP contribution in [0.1, 0.15) is 22.3 Å². The molecule has 0 unspecified atom stereocenters. The van der Waals surface area contributed by atoms with E-state index < -0.39 is 5.41 Å². The van der Waals surface area contributed by atoms with E-state index in [1.165, 1.54) is 66.1 Å². The zero-order valence-corrected chi connectivity index (χ0v) is 29.5. The third kappa shape index (κ3) is 3.61. The van der Waals surface area contributed by atoms with Crippen LogP contribution in [-0.4, -0.2) is 14.5 Å². The average Bonchev–Trinajstić information content (AvgIpc) is 3.96. The van der Waals surface area contributed by atoms with E-state index in [0.717, 1.165) is 44.6 Å². The summed E-state index contributed by atoms with van der Waals surface area (Å²) in [7, 11) is 0. The van der Waals surface area contributed by atoms with Crippen molar-refractivity contribution in [3.05, 3.63) is 198 Å². The Morgan fingerprint density at radius 2 is 1.02 bits per heavy atom. The number of furan rings is 1. The third-order valence-corrected chi connectivity index (χ3v) is 12.2. The predicted molar refractivity (Wildman–Crippen MR) is 223 cm³/mol. The highest BCUT2D eigenvalue weighted by molar-refractivity contribution is 6.14. The minimum Gasteiger partial charge on any atom is -0.436 e. The van der Waals surface area contributed by atoms with Crippen molar-refractivity contribution in [1.82, 2.24) is 14.5 Å². The zero-order valence-electron chi connectivity index (χ0n) is 29.5. The van der Waals surface area contributed by atoms with Gasteiger partial charge in [0.2, 0.25) is 5.71 Å². The fraction of sp³-hybridized carbons (Fsp3) is 0.0196. The van der Waals surface area contributed by atoms with Gasteiger partial charge in [0.25, 0.3) is 0 Å². The van der Waals surface area contributed by atoms with E-state index in [2.05, 4.69) is 162 Å². The van der Waals surface area contributed by atoms with Crippen molar-refractivity contribution in [2.24, 2.45) is 0 Å². The molecule has 4 nitrogen and oxygen atoms in total. The van der Waals surface area contributed by atoms with Crippen LogP contribution < -0.4 is 0 Å². The number of fused-ring (bicyclic) bond motifs is 17. The highest BCUT2D eigenvalue weighted by Crippen LogP contribution is 2.64. The minimum absolute atomic E-state index is 0.471. The molecule has 11 aromatic rings. The second-order valence-electron chi connectivity index (χ2n) is 14.8. The second kappa shape index (κ2) is 10.4. The monoisotopic (exact) mass is 699 g/mol. The Balaban J connectivity index is 1.20. The highest BCUT2D eigenvalue weighted by Gasteiger charge is 2.52. The van der Waals surface area contributed by atoms with E-state index in [9.17, 15) is 0 Å². The van der Waals surface area contributed by atoms with Crippen molar-refractivity contribution in [2.45, 2.75) is 5.41 Å². The summed E-state index contributed by atoms with van der Waals surface area (Å²) >= 11 is 0. The van der Waals surface area contributed by atoms with Crippen molar-refractivity contribution >= 4 is 54.8 Å². The van der Waals surface area contributed by atoms with Crippen molar-refractivity contribution < 1.29 is 4.42 Å². The summed E-state index contributed by atoms with van der Waals surface area (Å²) in [5.41, 5.74) is 15.8. The molecule has 13 rings (SSSR count). The molecule has 8 aromatic carbocycles. The summed E-state index contributed by atoms with van der Waals surface area (Å²) in [6.45, 7) is 0. The largest absolute Gasteiger partial charge is 0.436 e. The van der Waals surface area contributed by atoms with Gasteiger partial charge in [0.1, 0.15) is 16.8 Å². The molecular formula is C51H29N3O. The van der Waals surface area contributed by atoms with Crippen LogP contribution in [0.2, 0.25) is 0 Å². The number of benzene rings is 8. The first-order valence-corrected chi connectivity index (χ1v) is 18.8. The molecule has 0 aliphatic heterocycles. The molecule has 55 heavy (non-hydrogen) atoms. The van der Waals surface area contributed by atoms with Crippen LogP contribution in [0.15, 0.2) is 180 Å². The Hall–Kier alpha value is -7.30. The minimum atomic E-state index is -0.471. The molecule has 0 atom stereocenters. The fourth-order valence-corrected chi connectivity index (χ4v) is 10.1. The molecule has 3 aromatic heterocycles. The molecule has 0 radical (unpaired) electrons. The standard InChI is InChI=1S/C51H29N3O/c1-2-15-31-29-44-38(28-30(31)14-1)34-18-6-11-26-43(34)54(44)49-47(52-48-36-20-7-12-27-45(36)55-50(48)53-49)37-21-13-25-42-46(37)35-19-5-10-24-41(35)51(42)39-22-8-3-16-32(39)33-17-4-9-23-40(33)51/h1-29H. The number of hydrogen-bond donors (Lipinski definition) is 0. The van der Waals surface area contributed by atoms with Crippen LogP contribution in [0.25, 0.3) is 94.1 Å². The average molecular weight is 700 g/mol. The van der Waals surface area contributed by atoms with Gasteiger partial charge in [-0.25, -0.2) is 4.98 Å². The van der Waals surface area contributed by atoms with Gasteiger partial charge in [-0.05, 0) is 85.6 Å². The molecule has 4 heteroatoms. The lowest BCUT2D eigenvalue weighted by molar-refractivity contribution is 0.652. The molecule has 0 amide bonds. The maximum absolute atomic E-state index is 6.49. The molecule has 2 aliphatic carbocycles. The highest BCUT2D eigenvalue weighted by atomic mass is 16.3. The summed E-state index contributed by atoms with van der Waals surface area (Å²) in [6.07, 6.45) is 0. The summed E-state index contributed by atoms with van der Waals surface area (Å²) in [5.74, 6) is 0.743. The van der Waals surface area contributed by atoms with Gasteiger partial charge in [-0.2, -0.15) is 4.98 Å². The van der Waals surface area contributed by atoms with E-state index in [-0.39, 0.29) is 0 Å². The van der Waals surface area contributed by atoms with Crippen molar-refractivity contribution in [2.75, 3.05) is 0 Å². The summed E-state index contributed by atoms with van der Waals surface area (Å²) in [6, 6.07) is 63.6. The van der Waals surface area contributed by atoms with Crippen LogP contribution in [0.5, 0.6) is 0 Å². The van der Waals surface area contributed by atoms with E-state index in [1.807, 2.05) is 18.2 Å².